The van der Waals surface area contributed by atoms with Crippen molar-refractivity contribution in [3.8, 4) is 0 Å². The van der Waals surface area contributed by atoms with Gasteiger partial charge in [0.25, 0.3) is 0 Å². The average Bonchev–Trinajstić information content (AvgIpc) is 2.42. The summed E-state index contributed by atoms with van der Waals surface area (Å²) < 4.78 is 0. The van der Waals surface area contributed by atoms with E-state index in [0.717, 1.165) is 23.4 Å². The van der Waals surface area contributed by atoms with E-state index in [2.05, 4.69) is 37.4 Å². The first kappa shape index (κ1) is 15.9. The lowest BCUT2D eigenvalue weighted by molar-refractivity contribution is 0.195. The van der Waals surface area contributed by atoms with Crippen LogP contribution in [0.2, 0.25) is 5.02 Å². The van der Waals surface area contributed by atoms with E-state index in [9.17, 15) is 0 Å². The van der Waals surface area contributed by atoms with Crippen LogP contribution in [-0.4, -0.2) is 12.6 Å². The molecule has 1 N–H and O–H groups in total. The molecule has 112 valence electrons. The first-order valence-corrected chi connectivity index (χ1v) is 8.58. The summed E-state index contributed by atoms with van der Waals surface area (Å²) in [5.74, 6) is 1.69. The van der Waals surface area contributed by atoms with Crippen molar-refractivity contribution in [2.45, 2.75) is 58.4 Å². The summed E-state index contributed by atoms with van der Waals surface area (Å²) in [5, 5.41) is 4.56. The van der Waals surface area contributed by atoms with Gasteiger partial charge in [0, 0.05) is 11.1 Å². The van der Waals surface area contributed by atoms with Crippen molar-refractivity contribution in [1.82, 2.24) is 5.32 Å². The summed E-state index contributed by atoms with van der Waals surface area (Å²) >= 11 is 6.12. The van der Waals surface area contributed by atoms with Gasteiger partial charge in [-0.05, 0) is 61.8 Å². The van der Waals surface area contributed by atoms with E-state index >= 15 is 0 Å². The molecule has 1 aromatic carbocycles. The number of rotatable bonds is 6. The van der Waals surface area contributed by atoms with Crippen LogP contribution < -0.4 is 5.32 Å². The van der Waals surface area contributed by atoms with E-state index < -0.39 is 0 Å². The first-order chi connectivity index (χ1) is 9.72. The van der Waals surface area contributed by atoms with Gasteiger partial charge in [-0.1, -0.05) is 50.4 Å². The maximum Gasteiger partial charge on any atom is 0.0408 e. The van der Waals surface area contributed by atoms with Crippen molar-refractivity contribution in [3.05, 3.63) is 34.9 Å². The molecule has 0 amide bonds. The molecule has 0 bridgehead atoms. The molecule has 0 radical (unpaired) electrons. The zero-order valence-electron chi connectivity index (χ0n) is 12.9. The van der Waals surface area contributed by atoms with E-state index in [0.29, 0.717) is 6.04 Å². The van der Waals surface area contributed by atoms with Crippen LogP contribution in [0.5, 0.6) is 0 Å². The zero-order chi connectivity index (χ0) is 14.4. The highest BCUT2D eigenvalue weighted by atomic mass is 35.5. The fourth-order valence-electron chi connectivity index (χ4n) is 3.75. The molecule has 3 unspecified atom stereocenters. The molecule has 2 heteroatoms. The molecule has 0 heterocycles. The van der Waals surface area contributed by atoms with Gasteiger partial charge in [-0.2, -0.15) is 0 Å². The second kappa shape index (κ2) is 8.05. The zero-order valence-corrected chi connectivity index (χ0v) is 13.6. The van der Waals surface area contributed by atoms with E-state index in [1.165, 1.54) is 44.1 Å². The van der Waals surface area contributed by atoms with Gasteiger partial charge in [0.1, 0.15) is 0 Å². The van der Waals surface area contributed by atoms with E-state index in [1.54, 1.807) is 0 Å². The monoisotopic (exact) mass is 293 g/mol. The third-order valence-corrected chi connectivity index (χ3v) is 4.88. The lowest BCUT2D eigenvalue weighted by atomic mass is 9.74. The minimum absolute atomic E-state index is 0.687. The predicted molar refractivity (Wildman–Crippen MR) is 88.4 cm³/mol. The molecule has 0 aliphatic heterocycles. The van der Waals surface area contributed by atoms with Crippen LogP contribution in [0.25, 0.3) is 0 Å². The summed E-state index contributed by atoms with van der Waals surface area (Å²) in [6.07, 6.45) is 7.99. The number of benzene rings is 1. The highest BCUT2D eigenvalue weighted by Gasteiger charge is 2.29. The van der Waals surface area contributed by atoms with Crippen LogP contribution in [0.4, 0.5) is 0 Å². The van der Waals surface area contributed by atoms with Gasteiger partial charge < -0.3 is 5.32 Å². The minimum atomic E-state index is 0.687. The number of hydrogen-bond acceptors (Lipinski definition) is 1. The van der Waals surface area contributed by atoms with Gasteiger partial charge >= 0.3 is 0 Å². The normalized spacial score (nSPS) is 26.6. The third-order valence-electron chi connectivity index (χ3n) is 4.64. The van der Waals surface area contributed by atoms with Crippen LogP contribution in [0.15, 0.2) is 24.3 Å². The van der Waals surface area contributed by atoms with Gasteiger partial charge in [-0.25, -0.2) is 0 Å². The molecule has 1 nitrogen and oxygen atoms in total. The Morgan fingerprint density at radius 3 is 2.80 bits per heavy atom. The summed E-state index contributed by atoms with van der Waals surface area (Å²) in [6, 6.07) is 9.08. The van der Waals surface area contributed by atoms with Crippen molar-refractivity contribution in [2.75, 3.05) is 6.54 Å². The summed E-state index contributed by atoms with van der Waals surface area (Å²) in [7, 11) is 0. The van der Waals surface area contributed by atoms with Crippen LogP contribution in [0, 0.1) is 11.8 Å². The summed E-state index contributed by atoms with van der Waals surface area (Å²) in [4.78, 5) is 0. The fraction of sp³-hybridized carbons (Fsp3) is 0.667. The van der Waals surface area contributed by atoms with Crippen molar-refractivity contribution >= 4 is 11.6 Å². The molecule has 20 heavy (non-hydrogen) atoms. The lowest BCUT2D eigenvalue weighted by Gasteiger charge is -2.37. The van der Waals surface area contributed by atoms with E-state index in [1.807, 2.05) is 6.07 Å². The van der Waals surface area contributed by atoms with Crippen LogP contribution in [0.1, 0.15) is 51.5 Å². The van der Waals surface area contributed by atoms with Crippen LogP contribution in [0.3, 0.4) is 0 Å². The first-order valence-electron chi connectivity index (χ1n) is 8.20. The number of halogens is 1. The number of nitrogens with one attached hydrogen (secondary N) is 1. The molecule has 0 saturated heterocycles. The largest absolute Gasteiger partial charge is 0.314 e. The maximum absolute atomic E-state index is 6.12. The second-order valence-corrected chi connectivity index (χ2v) is 6.66. The molecular formula is C18H28ClN. The minimum Gasteiger partial charge on any atom is -0.314 e. The van der Waals surface area contributed by atoms with Gasteiger partial charge in [0.05, 0.1) is 0 Å². The average molecular weight is 294 g/mol. The third kappa shape index (κ3) is 4.49. The molecule has 1 fully saturated rings. The molecule has 3 atom stereocenters. The van der Waals surface area contributed by atoms with Gasteiger partial charge in [-0.15, -0.1) is 0 Å². The molecule has 1 aliphatic rings. The Balaban J connectivity index is 2.02. The Labute approximate surface area is 129 Å². The van der Waals surface area contributed by atoms with Crippen molar-refractivity contribution in [2.24, 2.45) is 11.8 Å². The van der Waals surface area contributed by atoms with Crippen LogP contribution in [-0.2, 0) is 6.42 Å². The molecule has 0 spiro atoms. The van der Waals surface area contributed by atoms with E-state index in [4.69, 9.17) is 11.6 Å². The Morgan fingerprint density at radius 2 is 2.10 bits per heavy atom. The highest BCUT2D eigenvalue weighted by Crippen LogP contribution is 2.34. The molecule has 0 aromatic heterocycles. The number of hydrogen-bond donors (Lipinski definition) is 1. The maximum atomic E-state index is 6.12. The SMILES string of the molecule is CCCC1CCC(NCC)C(Cc2cccc(Cl)c2)C1. The second-order valence-electron chi connectivity index (χ2n) is 6.23. The molecule has 1 saturated carbocycles. The predicted octanol–water partition coefficient (Wildman–Crippen LogP) is 5.08. The fourth-order valence-corrected chi connectivity index (χ4v) is 3.97. The summed E-state index contributed by atoms with van der Waals surface area (Å²) in [5.41, 5.74) is 1.39. The topological polar surface area (TPSA) is 12.0 Å². The van der Waals surface area contributed by atoms with Gasteiger partial charge in [-0.3, -0.25) is 0 Å². The Hall–Kier alpha value is -0.530. The Bertz CT molecular complexity index is 404. The molecule has 1 aliphatic carbocycles. The van der Waals surface area contributed by atoms with Crippen molar-refractivity contribution in [3.63, 3.8) is 0 Å². The summed E-state index contributed by atoms with van der Waals surface area (Å²) in [6.45, 7) is 5.60. The van der Waals surface area contributed by atoms with Gasteiger partial charge in [0.2, 0.25) is 0 Å². The Kier molecular flexibility index (Phi) is 6.38. The van der Waals surface area contributed by atoms with Crippen molar-refractivity contribution in [1.29, 1.82) is 0 Å². The van der Waals surface area contributed by atoms with Crippen molar-refractivity contribution < 1.29 is 0 Å². The highest BCUT2D eigenvalue weighted by molar-refractivity contribution is 6.30. The molecule has 1 aromatic rings. The lowest BCUT2D eigenvalue weighted by Crippen LogP contribution is -2.41. The smallest absolute Gasteiger partial charge is 0.0408 e. The molecular weight excluding hydrogens is 266 g/mol. The standard InChI is InChI=1S/C18H28ClN/c1-3-6-14-9-10-18(20-4-2)16(11-14)12-15-7-5-8-17(19)13-15/h5,7-8,13-14,16,18,20H,3-4,6,9-12H2,1-2H3. The Morgan fingerprint density at radius 1 is 1.25 bits per heavy atom. The van der Waals surface area contributed by atoms with Crippen LogP contribution >= 0.6 is 11.6 Å². The molecule has 2 rings (SSSR count). The van der Waals surface area contributed by atoms with Gasteiger partial charge in [0.15, 0.2) is 0 Å². The van der Waals surface area contributed by atoms with E-state index in [-0.39, 0.29) is 0 Å². The quantitative estimate of drug-likeness (QED) is 0.771.